The molecule has 0 saturated carbocycles. The first-order chi connectivity index (χ1) is 13.9. The van der Waals surface area contributed by atoms with E-state index in [1.807, 2.05) is 6.07 Å². The summed E-state index contributed by atoms with van der Waals surface area (Å²) in [4.78, 5) is 18.4. The van der Waals surface area contributed by atoms with Crippen LogP contribution in [0.25, 0.3) is 0 Å². The topological polar surface area (TPSA) is 79.4 Å². The van der Waals surface area contributed by atoms with E-state index in [4.69, 9.17) is 11.6 Å². The fourth-order valence-electron chi connectivity index (χ4n) is 3.32. The van der Waals surface area contributed by atoms with Crippen LogP contribution in [0.3, 0.4) is 0 Å². The van der Waals surface area contributed by atoms with Crippen molar-refractivity contribution in [1.82, 2.24) is 4.98 Å². The molecule has 0 radical (unpaired) electrons. The van der Waals surface area contributed by atoms with Crippen LogP contribution < -0.4 is 9.62 Å². The zero-order valence-electron chi connectivity index (χ0n) is 15.4. The first kappa shape index (κ1) is 19.4. The normalized spacial score (nSPS) is 13.2. The summed E-state index contributed by atoms with van der Waals surface area (Å²) in [5.74, 6) is -0.298. The molecule has 3 aromatic rings. The third kappa shape index (κ3) is 4.41. The van der Waals surface area contributed by atoms with Gasteiger partial charge in [-0.15, -0.1) is 0 Å². The second-order valence-corrected chi connectivity index (χ2v) is 8.93. The van der Waals surface area contributed by atoms with E-state index in [2.05, 4.69) is 9.71 Å². The molecule has 8 heteroatoms. The number of nitrogens with one attached hydrogen (secondary N) is 1. The van der Waals surface area contributed by atoms with E-state index < -0.39 is 10.0 Å². The molecule has 0 fully saturated rings. The fourth-order valence-corrected chi connectivity index (χ4v) is 4.64. The first-order valence-electron chi connectivity index (χ1n) is 9.01. The van der Waals surface area contributed by atoms with Crippen molar-refractivity contribution in [2.45, 2.75) is 12.2 Å². The van der Waals surface area contributed by atoms with Crippen molar-refractivity contribution in [1.29, 1.82) is 0 Å². The van der Waals surface area contributed by atoms with Gasteiger partial charge >= 0.3 is 0 Å². The number of amides is 1. The van der Waals surface area contributed by atoms with Gasteiger partial charge in [0.1, 0.15) is 0 Å². The SMILES string of the molecule is O=C(c1ccncc1)N1CCc2ccc(NS(=O)(=O)Cc3ccc(Cl)cc3)cc21. The predicted molar refractivity (Wildman–Crippen MR) is 114 cm³/mol. The Kier molecular flexibility index (Phi) is 5.25. The van der Waals surface area contributed by atoms with Gasteiger partial charge in [0.25, 0.3) is 5.91 Å². The lowest BCUT2D eigenvalue weighted by molar-refractivity contribution is 0.0989. The van der Waals surface area contributed by atoms with Gasteiger partial charge in [0.15, 0.2) is 0 Å². The molecule has 29 heavy (non-hydrogen) atoms. The highest BCUT2D eigenvalue weighted by atomic mass is 35.5. The third-order valence-electron chi connectivity index (χ3n) is 4.70. The van der Waals surface area contributed by atoms with Crippen LogP contribution >= 0.6 is 11.6 Å². The highest BCUT2D eigenvalue weighted by Crippen LogP contribution is 2.32. The maximum Gasteiger partial charge on any atom is 0.258 e. The Hall–Kier alpha value is -2.90. The smallest absolute Gasteiger partial charge is 0.258 e. The molecule has 0 aliphatic carbocycles. The van der Waals surface area contributed by atoms with Crippen molar-refractivity contribution >= 4 is 38.9 Å². The highest BCUT2D eigenvalue weighted by Gasteiger charge is 2.26. The third-order valence-corrected chi connectivity index (χ3v) is 6.21. The number of pyridine rings is 1. The van der Waals surface area contributed by atoms with E-state index >= 15 is 0 Å². The maximum atomic E-state index is 12.8. The number of nitrogens with zero attached hydrogens (tertiary/aromatic N) is 2. The van der Waals surface area contributed by atoms with Gasteiger partial charge in [0, 0.05) is 35.2 Å². The summed E-state index contributed by atoms with van der Waals surface area (Å²) in [6, 6.07) is 15.3. The number of carbonyl (C=O) groups excluding carboxylic acids is 1. The molecular formula is C21H18ClN3O3S. The van der Waals surface area contributed by atoms with Crippen molar-refractivity contribution in [3.8, 4) is 0 Å². The Morgan fingerprint density at radius 2 is 1.79 bits per heavy atom. The van der Waals surface area contributed by atoms with Gasteiger partial charge < -0.3 is 4.90 Å². The van der Waals surface area contributed by atoms with Gasteiger partial charge in [-0.25, -0.2) is 8.42 Å². The number of hydrogen-bond acceptors (Lipinski definition) is 4. The molecule has 6 nitrogen and oxygen atoms in total. The van der Waals surface area contributed by atoms with E-state index in [0.29, 0.717) is 28.4 Å². The molecule has 1 aromatic heterocycles. The minimum atomic E-state index is -3.61. The van der Waals surface area contributed by atoms with Crippen molar-refractivity contribution in [2.75, 3.05) is 16.2 Å². The van der Waals surface area contributed by atoms with Gasteiger partial charge in [0.05, 0.1) is 11.4 Å². The maximum absolute atomic E-state index is 12.8. The van der Waals surface area contributed by atoms with Crippen molar-refractivity contribution < 1.29 is 13.2 Å². The van der Waals surface area contributed by atoms with Crippen LogP contribution in [-0.4, -0.2) is 25.9 Å². The molecule has 2 heterocycles. The molecule has 1 amide bonds. The Balaban J connectivity index is 1.55. The standard InChI is InChI=1S/C21H18ClN3O3S/c22-18-4-1-15(2-5-18)14-29(27,28)24-19-6-3-16-9-12-25(20(16)13-19)21(26)17-7-10-23-11-8-17/h1-8,10-11,13,24H,9,12,14H2. The summed E-state index contributed by atoms with van der Waals surface area (Å²) in [5.41, 5.74) is 3.33. The number of carbonyl (C=O) groups is 1. The van der Waals surface area contributed by atoms with Gasteiger partial charge in [-0.2, -0.15) is 0 Å². The quantitative estimate of drug-likeness (QED) is 0.670. The number of halogens is 1. The molecule has 148 valence electrons. The van der Waals surface area contributed by atoms with E-state index in [9.17, 15) is 13.2 Å². The Labute approximate surface area is 174 Å². The fraction of sp³-hybridized carbons (Fsp3) is 0.143. The molecule has 0 bridgehead atoms. The number of benzene rings is 2. The van der Waals surface area contributed by atoms with Crippen molar-refractivity contribution in [2.24, 2.45) is 0 Å². The first-order valence-corrected chi connectivity index (χ1v) is 11.0. The summed E-state index contributed by atoms with van der Waals surface area (Å²) in [5, 5.41) is 0.552. The lowest BCUT2D eigenvalue weighted by atomic mass is 10.1. The Morgan fingerprint density at radius 1 is 1.07 bits per heavy atom. The summed E-state index contributed by atoms with van der Waals surface area (Å²) >= 11 is 5.85. The number of rotatable bonds is 5. The van der Waals surface area contributed by atoms with Crippen LogP contribution in [0, 0.1) is 0 Å². The number of fused-ring (bicyclic) bond motifs is 1. The summed E-state index contributed by atoms with van der Waals surface area (Å²) in [7, 11) is -3.61. The van der Waals surface area contributed by atoms with Gasteiger partial charge in [-0.1, -0.05) is 29.8 Å². The molecule has 0 unspecified atom stereocenters. The lowest BCUT2D eigenvalue weighted by Gasteiger charge is -2.18. The second-order valence-electron chi connectivity index (χ2n) is 6.77. The average Bonchev–Trinajstić information content (AvgIpc) is 3.12. The summed E-state index contributed by atoms with van der Waals surface area (Å²) in [6.45, 7) is 0.553. The van der Waals surface area contributed by atoms with E-state index in [0.717, 1.165) is 17.7 Å². The van der Waals surface area contributed by atoms with Gasteiger partial charge in [-0.3, -0.25) is 14.5 Å². The van der Waals surface area contributed by atoms with Crippen LogP contribution in [0.15, 0.2) is 67.0 Å². The van der Waals surface area contributed by atoms with Gasteiger partial charge in [-0.05, 0) is 53.9 Å². The molecule has 1 aliphatic heterocycles. The molecule has 1 aliphatic rings. The summed E-state index contributed by atoms with van der Waals surface area (Å²) in [6.07, 6.45) is 3.88. The van der Waals surface area contributed by atoms with Crippen LogP contribution in [0.5, 0.6) is 0 Å². The van der Waals surface area contributed by atoms with Crippen molar-refractivity contribution in [3.05, 3.63) is 88.7 Å². The zero-order valence-corrected chi connectivity index (χ0v) is 16.9. The minimum absolute atomic E-state index is 0.132. The van der Waals surface area contributed by atoms with Crippen LogP contribution in [0.2, 0.25) is 5.02 Å². The second kappa shape index (κ2) is 7.85. The minimum Gasteiger partial charge on any atom is -0.308 e. The molecule has 4 rings (SSSR count). The molecule has 0 saturated heterocycles. The van der Waals surface area contributed by atoms with E-state index in [1.165, 1.54) is 0 Å². The van der Waals surface area contributed by atoms with Crippen LogP contribution in [-0.2, 0) is 22.2 Å². The number of anilines is 2. The van der Waals surface area contributed by atoms with Crippen LogP contribution in [0.4, 0.5) is 11.4 Å². The van der Waals surface area contributed by atoms with Crippen LogP contribution in [0.1, 0.15) is 21.5 Å². The van der Waals surface area contributed by atoms with E-state index in [-0.39, 0.29) is 11.7 Å². The molecule has 2 aromatic carbocycles. The molecule has 1 N–H and O–H groups in total. The number of hydrogen-bond donors (Lipinski definition) is 1. The van der Waals surface area contributed by atoms with Gasteiger partial charge in [0.2, 0.25) is 10.0 Å². The number of aromatic nitrogens is 1. The van der Waals surface area contributed by atoms with Crippen molar-refractivity contribution in [3.63, 3.8) is 0 Å². The largest absolute Gasteiger partial charge is 0.308 e. The van der Waals surface area contributed by atoms with E-state index in [1.54, 1.807) is 65.8 Å². The molecule has 0 spiro atoms. The highest BCUT2D eigenvalue weighted by molar-refractivity contribution is 7.91. The number of sulfonamides is 1. The Morgan fingerprint density at radius 3 is 2.52 bits per heavy atom. The summed E-state index contributed by atoms with van der Waals surface area (Å²) < 4.78 is 27.7. The Bertz CT molecular complexity index is 1150. The lowest BCUT2D eigenvalue weighted by Crippen LogP contribution is -2.29. The average molecular weight is 428 g/mol. The predicted octanol–water partition coefficient (Wildman–Crippen LogP) is 3.88. The monoisotopic (exact) mass is 427 g/mol. The molecule has 0 atom stereocenters. The zero-order chi connectivity index (χ0) is 20.4. The molecular weight excluding hydrogens is 410 g/mol.